The van der Waals surface area contributed by atoms with Crippen LogP contribution in [0.15, 0.2) is 21.4 Å². The number of hydrogen-bond donors (Lipinski definition) is 0. The molecule has 0 bridgehead atoms. The number of methoxy groups -OCH3 is 1. The molecule has 0 aliphatic rings. The number of fused-ring (bicyclic) bond motifs is 1. The SMILES string of the molecule is COc1ccc2nc(C(F)(F)F)c(Br)c(=O)n2n1. The first-order chi connectivity index (χ1) is 8.34. The Morgan fingerprint density at radius 3 is 2.61 bits per heavy atom. The van der Waals surface area contributed by atoms with Crippen LogP contribution in [0.5, 0.6) is 5.88 Å². The smallest absolute Gasteiger partial charge is 0.434 e. The van der Waals surface area contributed by atoms with Crippen LogP contribution in [0.2, 0.25) is 0 Å². The van der Waals surface area contributed by atoms with E-state index in [1.54, 1.807) is 0 Å². The van der Waals surface area contributed by atoms with Gasteiger partial charge in [0.05, 0.1) is 7.11 Å². The molecule has 0 saturated heterocycles. The van der Waals surface area contributed by atoms with Gasteiger partial charge in [0, 0.05) is 6.07 Å². The fourth-order valence-corrected chi connectivity index (χ4v) is 1.77. The van der Waals surface area contributed by atoms with E-state index >= 15 is 0 Å². The maximum atomic E-state index is 12.6. The summed E-state index contributed by atoms with van der Waals surface area (Å²) in [6, 6.07) is 2.53. The lowest BCUT2D eigenvalue weighted by molar-refractivity contribution is -0.141. The Bertz CT molecular complexity index is 668. The van der Waals surface area contributed by atoms with Gasteiger partial charge >= 0.3 is 6.18 Å². The normalized spacial score (nSPS) is 11.8. The number of ether oxygens (including phenoxy) is 1. The van der Waals surface area contributed by atoms with Crippen molar-refractivity contribution >= 4 is 21.6 Å². The molecular weight excluding hydrogens is 319 g/mol. The summed E-state index contributed by atoms with van der Waals surface area (Å²) < 4.78 is 42.7. The predicted molar refractivity (Wildman–Crippen MR) is 58.5 cm³/mol. The average molecular weight is 324 g/mol. The van der Waals surface area contributed by atoms with E-state index < -0.39 is 21.9 Å². The molecule has 0 aliphatic heterocycles. The summed E-state index contributed by atoms with van der Waals surface area (Å²) in [6.45, 7) is 0. The molecule has 2 rings (SSSR count). The Kier molecular flexibility index (Phi) is 3.01. The maximum Gasteiger partial charge on any atom is 0.434 e. The summed E-state index contributed by atoms with van der Waals surface area (Å²) in [4.78, 5) is 15.1. The van der Waals surface area contributed by atoms with E-state index in [2.05, 4.69) is 26.0 Å². The van der Waals surface area contributed by atoms with Crippen LogP contribution in [-0.2, 0) is 6.18 Å². The highest BCUT2D eigenvalue weighted by Gasteiger charge is 2.37. The maximum absolute atomic E-state index is 12.6. The Balaban J connectivity index is 2.83. The summed E-state index contributed by atoms with van der Waals surface area (Å²) in [6.07, 6.45) is -4.72. The molecule has 0 amide bonds. The molecule has 2 heterocycles. The molecule has 0 spiro atoms. The van der Waals surface area contributed by atoms with Gasteiger partial charge in [-0.25, -0.2) is 4.98 Å². The number of rotatable bonds is 1. The van der Waals surface area contributed by atoms with Crippen molar-refractivity contribution < 1.29 is 17.9 Å². The molecule has 18 heavy (non-hydrogen) atoms. The van der Waals surface area contributed by atoms with E-state index in [1.807, 2.05) is 0 Å². The second kappa shape index (κ2) is 4.23. The van der Waals surface area contributed by atoms with Crippen LogP contribution >= 0.6 is 15.9 Å². The molecule has 0 aromatic carbocycles. The summed E-state index contributed by atoms with van der Waals surface area (Å²) in [7, 11) is 1.33. The molecule has 0 radical (unpaired) electrons. The van der Waals surface area contributed by atoms with E-state index in [4.69, 9.17) is 4.74 Å². The molecule has 0 aliphatic carbocycles. The minimum absolute atomic E-state index is 0.0954. The Morgan fingerprint density at radius 2 is 2.06 bits per heavy atom. The molecule has 2 aromatic rings. The minimum atomic E-state index is -4.72. The summed E-state index contributed by atoms with van der Waals surface area (Å²) in [5, 5.41) is 3.70. The Hall–Kier alpha value is -1.64. The average Bonchev–Trinajstić information content (AvgIpc) is 2.32. The van der Waals surface area contributed by atoms with Crippen molar-refractivity contribution in [3.8, 4) is 5.88 Å². The minimum Gasteiger partial charge on any atom is -0.480 e. The van der Waals surface area contributed by atoms with Gasteiger partial charge in [0.25, 0.3) is 5.56 Å². The zero-order valence-corrected chi connectivity index (χ0v) is 10.4. The summed E-state index contributed by atoms with van der Waals surface area (Å²) >= 11 is 2.59. The fourth-order valence-electron chi connectivity index (χ4n) is 1.29. The molecule has 0 saturated carbocycles. The van der Waals surface area contributed by atoms with Crippen LogP contribution < -0.4 is 10.3 Å². The highest BCUT2D eigenvalue weighted by Crippen LogP contribution is 2.31. The third-order valence-electron chi connectivity index (χ3n) is 2.08. The first-order valence-corrected chi connectivity index (χ1v) is 5.34. The van der Waals surface area contributed by atoms with Crippen LogP contribution in [0.3, 0.4) is 0 Å². The van der Waals surface area contributed by atoms with Gasteiger partial charge in [-0.1, -0.05) is 0 Å². The molecule has 9 heteroatoms. The number of halogens is 4. The predicted octanol–water partition coefficient (Wildman–Crippen LogP) is 1.88. The first-order valence-electron chi connectivity index (χ1n) is 4.55. The van der Waals surface area contributed by atoms with E-state index in [0.717, 1.165) is 4.52 Å². The van der Waals surface area contributed by atoms with Gasteiger partial charge in [-0.2, -0.15) is 17.7 Å². The molecule has 5 nitrogen and oxygen atoms in total. The van der Waals surface area contributed by atoms with Crippen LogP contribution in [0.4, 0.5) is 13.2 Å². The quantitative estimate of drug-likeness (QED) is 0.804. The van der Waals surface area contributed by atoms with Gasteiger partial charge in [-0.3, -0.25) is 4.79 Å². The molecule has 0 unspecified atom stereocenters. The molecule has 2 aromatic heterocycles. The summed E-state index contributed by atoms with van der Waals surface area (Å²) in [5.41, 5.74) is -2.44. The topological polar surface area (TPSA) is 56.5 Å². The lowest BCUT2D eigenvalue weighted by Gasteiger charge is -2.09. The van der Waals surface area contributed by atoms with E-state index in [1.165, 1.54) is 19.2 Å². The number of hydrogen-bond acceptors (Lipinski definition) is 4. The van der Waals surface area contributed by atoms with Crippen LogP contribution in [0.25, 0.3) is 5.65 Å². The number of alkyl halides is 3. The van der Waals surface area contributed by atoms with Gasteiger partial charge in [0.1, 0.15) is 4.47 Å². The van der Waals surface area contributed by atoms with Crippen LogP contribution in [-0.4, -0.2) is 21.7 Å². The second-order valence-electron chi connectivity index (χ2n) is 3.22. The first kappa shape index (κ1) is 12.8. The second-order valence-corrected chi connectivity index (χ2v) is 4.02. The lowest BCUT2D eigenvalue weighted by atomic mass is 10.4. The van der Waals surface area contributed by atoms with Gasteiger partial charge in [0.15, 0.2) is 11.3 Å². The highest BCUT2D eigenvalue weighted by molar-refractivity contribution is 9.10. The van der Waals surface area contributed by atoms with Crippen molar-refractivity contribution in [1.82, 2.24) is 14.6 Å². The van der Waals surface area contributed by atoms with Crippen LogP contribution in [0.1, 0.15) is 5.69 Å². The lowest BCUT2D eigenvalue weighted by Crippen LogP contribution is -2.24. The molecule has 0 fully saturated rings. The van der Waals surface area contributed by atoms with E-state index in [9.17, 15) is 18.0 Å². The van der Waals surface area contributed by atoms with Crippen molar-refractivity contribution in [2.75, 3.05) is 7.11 Å². The van der Waals surface area contributed by atoms with Crippen molar-refractivity contribution in [3.63, 3.8) is 0 Å². The fraction of sp³-hybridized carbons (Fsp3) is 0.222. The molecule has 96 valence electrons. The largest absolute Gasteiger partial charge is 0.480 e. The van der Waals surface area contributed by atoms with E-state index in [0.29, 0.717) is 0 Å². The van der Waals surface area contributed by atoms with Crippen molar-refractivity contribution in [2.45, 2.75) is 6.18 Å². The molecule has 0 N–H and O–H groups in total. The van der Waals surface area contributed by atoms with Gasteiger partial charge < -0.3 is 4.74 Å². The zero-order chi connectivity index (χ0) is 13.5. The number of nitrogens with zero attached hydrogens (tertiary/aromatic N) is 3. The zero-order valence-electron chi connectivity index (χ0n) is 8.82. The number of aromatic nitrogens is 3. The monoisotopic (exact) mass is 323 g/mol. The third kappa shape index (κ3) is 2.05. The Morgan fingerprint density at radius 1 is 1.39 bits per heavy atom. The van der Waals surface area contributed by atoms with Crippen LogP contribution in [0, 0.1) is 0 Å². The Labute approximate surface area is 106 Å². The van der Waals surface area contributed by atoms with E-state index in [-0.39, 0.29) is 11.5 Å². The standard InChI is InChI=1S/C9H5BrF3N3O2/c1-18-5-3-2-4-14-7(9(11,12)13)6(10)8(17)16(4)15-5/h2-3H,1H3. The molecule has 0 atom stereocenters. The third-order valence-corrected chi connectivity index (χ3v) is 2.80. The van der Waals surface area contributed by atoms with Gasteiger partial charge in [-0.05, 0) is 22.0 Å². The highest BCUT2D eigenvalue weighted by atomic mass is 79.9. The van der Waals surface area contributed by atoms with Crippen molar-refractivity contribution in [3.05, 3.63) is 32.7 Å². The summed E-state index contributed by atoms with van der Waals surface area (Å²) in [5.74, 6) is 0.0954. The molecular formula is C9H5BrF3N3O2. The van der Waals surface area contributed by atoms with Crippen molar-refractivity contribution in [2.24, 2.45) is 0 Å². The van der Waals surface area contributed by atoms with Crippen molar-refractivity contribution in [1.29, 1.82) is 0 Å². The van der Waals surface area contributed by atoms with Gasteiger partial charge in [-0.15, -0.1) is 5.10 Å². The van der Waals surface area contributed by atoms with Gasteiger partial charge in [0.2, 0.25) is 5.88 Å².